The van der Waals surface area contributed by atoms with Crippen LogP contribution in [0.3, 0.4) is 0 Å². The summed E-state index contributed by atoms with van der Waals surface area (Å²) < 4.78 is 41.4. The standard InChI is InChI=1S/C20H14Cl2FN3O5S/c21-13-5-7-14(8-6-13)25(12-20(27)24-18-4-2-1-3-17(18)23)32(30,31)19-11-15(26(28)29)9-10-16(19)22/h1-11H,12H2,(H,24,27). The van der Waals surface area contributed by atoms with E-state index in [0.717, 1.165) is 24.3 Å². The van der Waals surface area contributed by atoms with Gasteiger partial charge in [-0.3, -0.25) is 19.2 Å². The number of benzene rings is 3. The molecule has 0 saturated heterocycles. The second-order valence-corrected chi connectivity index (χ2v) is 9.06. The number of nitrogens with zero attached hydrogens (tertiary/aromatic N) is 2. The lowest BCUT2D eigenvalue weighted by atomic mass is 10.3. The topological polar surface area (TPSA) is 110 Å². The van der Waals surface area contributed by atoms with Crippen LogP contribution in [0.4, 0.5) is 21.5 Å². The van der Waals surface area contributed by atoms with Crippen molar-refractivity contribution in [1.29, 1.82) is 0 Å². The van der Waals surface area contributed by atoms with Gasteiger partial charge in [-0.15, -0.1) is 0 Å². The minimum atomic E-state index is -4.55. The van der Waals surface area contributed by atoms with E-state index < -0.39 is 43.8 Å². The van der Waals surface area contributed by atoms with Crippen LogP contribution in [-0.2, 0) is 14.8 Å². The molecule has 0 aliphatic carbocycles. The fourth-order valence-corrected chi connectivity index (χ4v) is 4.77. The molecule has 0 atom stereocenters. The van der Waals surface area contributed by atoms with Gasteiger partial charge in [-0.05, 0) is 42.5 Å². The zero-order valence-corrected chi connectivity index (χ0v) is 18.4. The van der Waals surface area contributed by atoms with Crippen molar-refractivity contribution in [3.63, 3.8) is 0 Å². The molecule has 0 aliphatic rings. The van der Waals surface area contributed by atoms with Crippen LogP contribution in [0.25, 0.3) is 0 Å². The van der Waals surface area contributed by atoms with Gasteiger partial charge in [0, 0.05) is 17.2 Å². The highest BCUT2D eigenvalue weighted by Gasteiger charge is 2.31. The van der Waals surface area contributed by atoms with E-state index in [1.54, 1.807) is 0 Å². The van der Waals surface area contributed by atoms with Crippen LogP contribution in [0, 0.1) is 15.9 Å². The Hall–Kier alpha value is -3.21. The highest BCUT2D eigenvalue weighted by Crippen LogP contribution is 2.32. The first-order chi connectivity index (χ1) is 15.1. The lowest BCUT2D eigenvalue weighted by molar-refractivity contribution is -0.385. The lowest BCUT2D eigenvalue weighted by Crippen LogP contribution is -2.38. The first kappa shape index (κ1) is 23.5. The highest BCUT2D eigenvalue weighted by molar-refractivity contribution is 7.93. The van der Waals surface area contributed by atoms with Gasteiger partial charge < -0.3 is 5.32 Å². The van der Waals surface area contributed by atoms with Crippen LogP contribution in [0.2, 0.25) is 10.0 Å². The molecule has 0 unspecified atom stereocenters. The Bertz CT molecular complexity index is 1290. The molecule has 3 aromatic rings. The Labute approximate surface area is 192 Å². The van der Waals surface area contributed by atoms with E-state index in [0.29, 0.717) is 9.33 Å². The molecule has 3 rings (SSSR count). The zero-order valence-electron chi connectivity index (χ0n) is 16.0. The molecule has 0 aliphatic heterocycles. The van der Waals surface area contributed by atoms with Crippen molar-refractivity contribution in [2.24, 2.45) is 0 Å². The molecule has 12 heteroatoms. The van der Waals surface area contributed by atoms with Crippen LogP contribution < -0.4 is 9.62 Å². The molecule has 0 radical (unpaired) electrons. The van der Waals surface area contributed by atoms with E-state index >= 15 is 0 Å². The third-order valence-corrected chi connectivity index (χ3v) is 6.75. The second kappa shape index (κ2) is 9.51. The maximum atomic E-state index is 13.9. The molecule has 0 spiro atoms. The quantitative estimate of drug-likeness (QED) is 0.369. The second-order valence-electron chi connectivity index (χ2n) is 6.39. The number of hydrogen-bond acceptors (Lipinski definition) is 5. The number of amides is 1. The summed E-state index contributed by atoms with van der Waals surface area (Å²) in [6.45, 7) is -0.767. The summed E-state index contributed by atoms with van der Waals surface area (Å²) >= 11 is 11.9. The first-order valence-electron chi connectivity index (χ1n) is 8.86. The van der Waals surface area contributed by atoms with Crippen molar-refractivity contribution in [1.82, 2.24) is 0 Å². The smallest absolute Gasteiger partial charge is 0.270 e. The van der Waals surface area contributed by atoms with E-state index in [2.05, 4.69) is 5.32 Å². The predicted octanol–water partition coefficient (Wildman–Crippen LogP) is 4.87. The number of anilines is 2. The number of para-hydroxylation sites is 1. The number of nitrogens with one attached hydrogen (secondary N) is 1. The SMILES string of the molecule is O=C(CN(c1ccc(Cl)cc1)S(=O)(=O)c1cc([N+](=O)[O-])ccc1Cl)Nc1ccccc1F. The van der Waals surface area contributed by atoms with Gasteiger partial charge in [-0.1, -0.05) is 35.3 Å². The third-order valence-electron chi connectivity index (χ3n) is 4.24. The van der Waals surface area contributed by atoms with Gasteiger partial charge >= 0.3 is 0 Å². The number of halogens is 3. The highest BCUT2D eigenvalue weighted by atomic mass is 35.5. The van der Waals surface area contributed by atoms with E-state index in [-0.39, 0.29) is 16.4 Å². The summed E-state index contributed by atoms with van der Waals surface area (Å²) in [6.07, 6.45) is 0. The van der Waals surface area contributed by atoms with Gasteiger partial charge in [0.1, 0.15) is 17.3 Å². The van der Waals surface area contributed by atoms with Gasteiger partial charge in [0.25, 0.3) is 15.7 Å². The van der Waals surface area contributed by atoms with E-state index in [9.17, 15) is 27.7 Å². The van der Waals surface area contributed by atoms with Crippen LogP contribution in [0.15, 0.2) is 71.6 Å². The molecule has 0 bridgehead atoms. The van der Waals surface area contributed by atoms with Crippen LogP contribution in [-0.4, -0.2) is 25.8 Å². The average molecular weight is 498 g/mol. The number of rotatable bonds is 7. The molecule has 1 amide bonds. The normalized spacial score (nSPS) is 11.1. The Morgan fingerprint density at radius 3 is 2.34 bits per heavy atom. The van der Waals surface area contributed by atoms with E-state index in [4.69, 9.17) is 23.2 Å². The number of carbonyl (C=O) groups excluding carboxylic acids is 1. The number of non-ortho nitro benzene ring substituents is 1. The summed E-state index contributed by atoms with van der Waals surface area (Å²) in [7, 11) is -4.55. The van der Waals surface area contributed by atoms with Crippen molar-refractivity contribution in [2.45, 2.75) is 4.90 Å². The fraction of sp³-hybridized carbons (Fsp3) is 0.0500. The van der Waals surface area contributed by atoms with E-state index in [1.807, 2.05) is 0 Å². The Morgan fingerprint density at radius 1 is 1.06 bits per heavy atom. The maximum absolute atomic E-state index is 13.9. The van der Waals surface area contributed by atoms with Gasteiger partial charge in [0.2, 0.25) is 5.91 Å². The molecule has 8 nitrogen and oxygen atoms in total. The molecule has 1 N–H and O–H groups in total. The first-order valence-corrected chi connectivity index (χ1v) is 11.1. The van der Waals surface area contributed by atoms with Crippen molar-refractivity contribution < 1.29 is 22.5 Å². The minimum Gasteiger partial charge on any atom is -0.322 e. The van der Waals surface area contributed by atoms with Crippen molar-refractivity contribution in [2.75, 3.05) is 16.2 Å². The number of nitro benzene ring substituents is 1. The van der Waals surface area contributed by atoms with Crippen molar-refractivity contribution >= 4 is 56.2 Å². The molecule has 3 aromatic carbocycles. The summed E-state index contributed by atoms with van der Waals surface area (Å²) in [4.78, 5) is 22.4. The molecule has 0 fully saturated rings. The van der Waals surface area contributed by atoms with E-state index in [1.165, 1.54) is 42.5 Å². The van der Waals surface area contributed by atoms with Gasteiger partial charge in [0.15, 0.2) is 0 Å². The van der Waals surface area contributed by atoms with Gasteiger partial charge in [0.05, 0.1) is 21.3 Å². The Kier molecular flexibility index (Phi) is 6.97. The summed E-state index contributed by atoms with van der Waals surface area (Å²) in [5.41, 5.74) is -0.597. The number of hydrogen-bond donors (Lipinski definition) is 1. The molecule has 0 aromatic heterocycles. The van der Waals surface area contributed by atoms with Crippen molar-refractivity contribution in [3.05, 3.63) is 92.7 Å². The monoisotopic (exact) mass is 497 g/mol. The maximum Gasteiger partial charge on any atom is 0.270 e. The summed E-state index contributed by atoms with van der Waals surface area (Å²) in [6, 6.07) is 13.8. The summed E-state index contributed by atoms with van der Waals surface area (Å²) in [5, 5.41) is 13.5. The number of carbonyl (C=O) groups is 1. The molecule has 0 saturated carbocycles. The molecule has 166 valence electrons. The van der Waals surface area contributed by atoms with Crippen LogP contribution in [0.5, 0.6) is 0 Å². The Balaban J connectivity index is 2.04. The molecule has 0 heterocycles. The van der Waals surface area contributed by atoms with Gasteiger partial charge in [-0.2, -0.15) is 0 Å². The fourth-order valence-electron chi connectivity index (χ4n) is 2.73. The largest absolute Gasteiger partial charge is 0.322 e. The minimum absolute atomic E-state index is 0.0423. The molecular formula is C20H14Cl2FN3O5S. The van der Waals surface area contributed by atoms with Crippen LogP contribution in [0.1, 0.15) is 0 Å². The Morgan fingerprint density at radius 2 is 1.72 bits per heavy atom. The summed E-state index contributed by atoms with van der Waals surface area (Å²) in [5.74, 6) is -1.56. The molecular weight excluding hydrogens is 484 g/mol. The van der Waals surface area contributed by atoms with Crippen molar-refractivity contribution in [3.8, 4) is 0 Å². The zero-order chi connectivity index (χ0) is 23.5. The van der Waals surface area contributed by atoms with Gasteiger partial charge in [-0.25, -0.2) is 12.8 Å². The third kappa shape index (κ3) is 5.16. The predicted molar refractivity (Wildman–Crippen MR) is 119 cm³/mol. The number of nitro groups is 1. The number of sulfonamides is 1. The molecule has 32 heavy (non-hydrogen) atoms. The van der Waals surface area contributed by atoms with Crippen LogP contribution >= 0.6 is 23.2 Å². The average Bonchev–Trinajstić information content (AvgIpc) is 2.74. The lowest BCUT2D eigenvalue weighted by Gasteiger charge is -2.24.